The van der Waals surface area contributed by atoms with Crippen molar-refractivity contribution in [3.63, 3.8) is 0 Å². The first-order valence-electron chi connectivity index (χ1n) is 4.68. The van der Waals surface area contributed by atoms with Gasteiger partial charge < -0.3 is 5.11 Å². The lowest BCUT2D eigenvalue weighted by atomic mass is 10.1. The summed E-state index contributed by atoms with van der Waals surface area (Å²) in [5.41, 5.74) is 2.85. The topological polar surface area (TPSA) is 50.4 Å². The highest BCUT2D eigenvalue weighted by Crippen LogP contribution is 2.23. The first kappa shape index (κ1) is 8.23. The van der Waals surface area contributed by atoms with Gasteiger partial charge in [0.05, 0.1) is 5.52 Å². The first-order chi connectivity index (χ1) is 7.25. The molecule has 1 aromatic carbocycles. The predicted octanol–water partition coefficient (Wildman–Crippen LogP) is 1.90. The number of hydrogen-bond acceptors (Lipinski definition) is 3. The number of rotatable bonds is 0. The minimum absolute atomic E-state index is 0.253. The van der Waals surface area contributed by atoms with E-state index in [0.717, 1.165) is 22.1 Å². The van der Waals surface area contributed by atoms with Gasteiger partial charge in [-0.05, 0) is 30.7 Å². The SMILES string of the molecule is Cc1cc2nncn2c2cc(O)ccc12. The summed E-state index contributed by atoms with van der Waals surface area (Å²) in [5, 5.41) is 18.4. The molecular weight excluding hydrogens is 190 g/mol. The van der Waals surface area contributed by atoms with E-state index in [0.29, 0.717) is 0 Å². The Balaban J connectivity index is 2.63. The molecular formula is C11H9N3O. The number of aromatic hydroxyl groups is 1. The molecule has 0 amide bonds. The van der Waals surface area contributed by atoms with Gasteiger partial charge in [0, 0.05) is 11.5 Å². The number of phenolic OH excluding ortho intramolecular Hbond substituents is 1. The van der Waals surface area contributed by atoms with Crippen molar-refractivity contribution in [2.75, 3.05) is 0 Å². The average Bonchev–Trinajstić information content (AvgIpc) is 2.65. The van der Waals surface area contributed by atoms with Crippen LogP contribution in [0.15, 0.2) is 30.6 Å². The molecule has 0 fully saturated rings. The zero-order valence-corrected chi connectivity index (χ0v) is 8.18. The van der Waals surface area contributed by atoms with E-state index in [4.69, 9.17) is 0 Å². The predicted molar refractivity (Wildman–Crippen MR) is 56.9 cm³/mol. The minimum atomic E-state index is 0.253. The van der Waals surface area contributed by atoms with E-state index in [2.05, 4.69) is 10.2 Å². The minimum Gasteiger partial charge on any atom is -0.508 e. The monoisotopic (exact) mass is 199 g/mol. The Labute approximate surface area is 85.8 Å². The lowest BCUT2D eigenvalue weighted by molar-refractivity contribution is 0.476. The highest BCUT2D eigenvalue weighted by molar-refractivity contribution is 5.86. The summed E-state index contributed by atoms with van der Waals surface area (Å²) in [6, 6.07) is 7.29. The molecule has 4 heteroatoms. The fourth-order valence-corrected chi connectivity index (χ4v) is 1.85. The van der Waals surface area contributed by atoms with E-state index in [1.54, 1.807) is 18.5 Å². The molecule has 2 heterocycles. The highest BCUT2D eigenvalue weighted by atomic mass is 16.3. The third kappa shape index (κ3) is 1.08. The molecule has 2 aromatic heterocycles. The van der Waals surface area contributed by atoms with Crippen molar-refractivity contribution in [3.05, 3.63) is 36.2 Å². The second kappa shape index (κ2) is 2.70. The maximum atomic E-state index is 9.46. The highest BCUT2D eigenvalue weighted by Gasteiger charge is 2.05. The second-order valence-electron chi connectivity index (χ2n) is 3.59. The van der Waals surface area contributed by atoms with Crippen LogP contribution in [0.4, 0.5) is 0 Å². The number of pyridine rings is 1. The lowest BCUT2D eigenvalue weighted by Crippen LogP contribution is -1.89. The molecule has 15 heavy (non-hydrogen) atoms. The van der Waals surface area contributed by atoms with Gasteiger partial charge in [0.15, 0.2) is 5.65 Å². The zero-order valence-electron chi connectivity index (χ0n) is 8.18. The van der Waals surface area contributed by atoms with Crippen molar-refractivity contribution in [1.82, 2.24) is 14.6 Å². The summed E-state index contributed by atoms with van der Waals surface area (Å²) < 4.78 is 1.86. The van der Waals surface area contributed by atoms with Gasteiger partial charge in [-0.25, -0.2) is 0 Å². The van der Waals surface area contributed by atoms with Crippen LogP contribution in [0.3, 0.4) is 0 Å². The van der Waals surface area contributed by atoms with Gasteiger partial charge in [0.1, 0.15) is 12.1 Å². The molecule has 0 saturated carbocycles. The van der Waals surface area contributed by atoms with Crippen molar-refractivity contribution in [2.45, 2.75) is 6.92 Å². The molecule has 74 valence electrons. The van der Waals surface area contributed by atoms with E-state index in [1.807, 2.05) is 23.5 Å². The maximum absolute atomic E-state index is 9.46. The van der Waals surface area contributed by atoms with Crippen molar-refractivity contribution < 1.29 is 5.11 Å². The molecule has 1 N–H and O–H groups in total. The average molecular weight is 199 g/mol. The molecule has 4 nitrogen and oxygen atoms in total. The van der Waals surface area contributed by atoms with Crippen LogP contribution < -0.4 is 0 Å². The molecule has 0 saturated heterocycles. The van der Waals surface area contributed by atoms with E-state index >= 15 is 0 Å². The van der Waals surface area contributed by atoms with E-state index in [-0.39, 0.29) is 5.75 Å². The van der Waals surface area contributed by atoms with Gasteiger partial charge in [0.2, 0.25) is 0 Å². The van der Waals surface area contributed by atoms with Crippen LogP contribution in [0.25, 0.3) is 16.6 Å². The summed E-state index contributed by atoms with van der Waals surface area (Å²) >= 11 is 0. The number of phenols is 1. The molecule has 0 atom stereocenters. The lowest BCUT2D eigenvalue weighted by Gasteiger charge is -2.04. The van der Waals surface area contributed by atoms with Gasteiger partial charge >= 0.3 is 0 Å². The van der Waals surface area contributed by atoms with Crippen molar-refractivity contribution in [2.24, 2.45) is 0 Å². The fourth-order valence-electron chi connectivity index (χ4n) is 1.85. The number of benzene rings is 1. The van der Waals surface area contributed by atoms with Crippen LogP contribution in [-0.2, 0) is 0 Å². The number of nitrogens with zero attached hydrogens (tertiary/aromatic N) is 3. The standard InChI is InChI=1S/C11H9N3O/c1-7-4-11-13-12-6-14(11)10-5-8(15)2-3-9(7)10/h2-6,15H,1H3. The van der Waals surface area contributed by atoms with E-state index in [9.17, 15) is 5.11 Å². The van der Waals surface area contributed by atoms with E-state index < -0.39 is 0 Å². The third-order valence-electron chi connectivity index (χ3n) is 2.59. The second-order valence-corrected chi connectivity index (χ2v) is 3.59. The van der Waals surface area contributed by atoms with Crippen LogP contribution >= 0.6 is 0 Å². The Morgan fingerprint density at radius 1 is 1.27 bits per heavy atom. The molecule has 0 aliphatic rings. The summed E-state index contributed by atoms with van der Waals surface area (Å²) in [6.07, 6.45) is 1.65. The van der Waals surface area contributed by atoms with Crippen molar-refractivity contribution >= 4 is 16.6 Å². The van der Waals surface area contributed by atoms with E-state index in [1.165, 1.54) is 0 Å². The summed E-state index contributed by atoms with van der Waals surface area (Å²) in [6.45, 7) is 2.02. The van der Waals surface area contributed by atoms with Crippen LogP contribution in [0.1, 0.15) is 5.56 Å². The Morgan fingerprint density at radius 2 is 2.13 bits per heavy atom. The molecule has 0 bridgehead atoms. The number of aromatic nitrogens is 3. The normalized spacial score (nSPS) is 11.3. The van der Waals surface area contributed by atoms with Crippen molar-refractivity contribution in [1.29, 1.82) is 0 Å². The molecule has 0 spiro atoms. The molecule has 0 aliphatic carbocycles. The Bertz CT molecular complexity index is 657. The van der Waals surface area contributed by atoms with Crippen LogP contribution in [0.2, 0.25) is 0 Å². The molecule has 3 aromatic rings. The summed E-state index contributed by atoms with van der Waals surface area (Å²) in [5.74, 6) is 0.253. The molecule has 0 unspecified atom stereocenters. The Hall–Kier alpha value is -2.10. The van der Waals surface area contributed by atoms with Crippen LogP contribution in [0, 0.1) is 6.92 Å². The van der Waals surface area contributed by atoms with Gasteiger partial charge in [0.25, 0.3) is 0 Å². The largest absolute Gasteiger partial charge is 0.508 e. The smallest absolute Gasteiger partial charge is 0.161 e. The van der Waals surface area contributed by atoms with Crippen molar-refractivity contribution in [3.8, 4) is 5.75 Å². The van der Waals surface area contributed by atoms with Crippen LogP contribution in [-0.4, -0.2) is 19.7 Å². The van der Waals surface area contributed by atoms with Gasteiger partial charge in [-0.3, -0.25) is 4.40 Å². The molecule has 3 rings (SSSR count). The van der Waals surface area contributed by atoms with Crippen LogP contribution in [0.5, 0.6) is 5.75 Å². The quantitative estimate of drug-likeness (QED) is 0.601. The summed E-state index contributed by atoms with van der Waals surface area (Å²) in [7, 11) is 0. The third-order valence-corrected chi connectivity index (χ3v) is 2.59. The van der Waals surface area contributed by atoms with Gasteiger partial charge in [-0.15, -0.1) is 10.2 Å². The first-order valence-corrected chi connectivity index (χ1v) is 4.68. The van der Waals surface area contributed by atoms with Gasteiger partial charge in [-0.1, -0.05) is 0 Å². The Morgan fingerprint density at radius 3 is 3.00 bits per heavy atom. The zero-order chi connectivity index (χ0) is 10.4. The Kier molecular flexibility index (Phi) is 1.48. The molecule has 0 aliphatic heterocycles. The fraction of sp³-hybridized carbons (Fsp3) is 0.0909. The number of fused-ring (bicyclic) bond motifs is 3. The van der Waals surface area contributed by atoms with Gasteiger partial charge in [-0.2, -0.15) is 0 Å². The maximum Gasteiger partial charge on any atom is 0.161 e. The summed E-state index contributed by atoms with van der Waals surface area (Å²) in [4.78, 5) is 0. The number of hydrogen-bond donors (Lipinski definition) is 1. The number of aryl methyl sites for hydroxylation is 1. The molecule has 0 radical (unpaired) electrons.